The first-order valence-corrected chi connectivity index (χ1v) is 7.28. The van der Waals surface area contributed by atoms with Crippen LogP contribution in [0.15, 0.2) is 30.5 Å². The van der Waals surface area contributed by atoms with Crippen molar-refractivity contribution in [3.63, 3.8) is 0 Å². The van der Waals surface area contributed by atoms with Crippen molar-refractivity contribution >= 4 is 5.69 Å². The number of aromatic nitrogens is 3. The maximum Gasteiger partial charge on any atom is 0.121 e. The summed E-state index contributed by atoms with van der Waals surface area (Å²) in [6.07, 6.45) is 3.57. The Balaban J connectivity index is 1.86. The summed E-state index contributed by atoms with van der Waals surface area (Å²) in [5.41, 5.74) is 1.86. The van der Waals surface area contributed by atoms with Crippen molar-refractivity contribution in [3.8, 4) is 5.75 Å². The van der Waals surface area contributed by atoms with Gasteiger partial charge < -0.3 is 15.2 Å². The largest absolute Gasteiger partial charge is 0.494 e. The predicted molar refractivity (Wildman–Crippen MR) is 81.3 cm³/mol. The van der Waals surface area contributed by atoms with Crippen molar-refractivity contribution < 1.29 is 9.84 Å². The number of aliphatic hydroxyl groups excluding tert-OH is 1. The lowest BCUT2D eigenvalue weighted by Crippen LogP contribution is -2.01. The number of hydrogen-bond acceptors (Lipinski definition) is 5. The highest BCUT2D eigenvalue weighted by Crippen LogP contribution is 2.18. The highest BCUT2D eigenvalue weighted by Gasteiger charge is 2.01. The Morgan fingerprint density at radius 1 is 1.38 bits per heavy atom. The molecule has 0 saturated carbocycles. The molecule has 2 N–H and O–H groups in total. The second kappa shape index (κ2) is 8.26. The van der Waals surface area contributed by atoms with Crippen molar-refractivity contribution in [1.82, 2.24) is 15.0 Å². The lowest BCUT2D eigenvalue weighted by Gasteiger charge is -2.08. The van der Waals surface area contributed by atoms with Crippen molar-refractivity contribution in [2.75, 3.05) is 18.5 Å². The van der Waals surface area contributed by atoms with Crippen LogP contribution in [-0.4, -0.2) is 33.3 Å². The molecule has 1 aromatic heterocycles. The van der Waals surface area contributed by atoms with Gasteiger partial charge in [0, 0.05) is 24.9 Å². The molecular weight excluding hydrogens is 268 g/mol. The zero-order chi connectivity index (χ0) is 14.9. The average molecular weight is 290 g/mol. The van der Waals surface area contributed by atoms with Crippen molar-refractivity contribution in [2.45, 2.75) is 32.9 Å². The minimum absolute atomic E-state index is 0.165. The molecular formula is C15H22N4O2. The third-order valence-electron chi connectivity index (χ3n) is 2.91. The van der Waals surface area contributed by atoms with Crippen LogP contribution in [0.3, 0.4) is 0 Å². The first kappa shape index (κ1) is 15.3. The average Bonchev–Trinajstić information content (AvgIpc) is 2.97. The summed E-state index contributed by atoms with van der Waals surface area (Å²) in [7, 11) is 0. The summed E-state index contributed by atoms with van der Waals surface area (Å²) in [6.45, 7) is 4.27. The topological polar surface area (TPSA) is 72.2 Å². The lowest BCUT2D eigenvalue weighted by atomic mass is 10.3. The molecule has 2 aromatic rings. The molecule has 21 heavy (non-hydrogen) atoms. The molecule has 0 aliphatic carbocycles. The van der Waals surface area contributed by atoms with E-state index in [1.54, 1.807) is 4.68 Å². The van der Waals surface area contributed by atoms with Crippen LogP contribution in [-0.2, 0) is 13.1 Å². The number of aryl methyl sites for hydroxylation is 1. The molecule has 0 fully saturated rings. The van der Waals surface area contributed by atoms with Gasteiger partial charge in [0.25, 0.3) is 0 Å². The van der Waals surface area contributed by atoms with E-state index in [1.165, 1.54) is 0 Å². The van der Waals surface area contributed by atoms with Gasteiger partial charge in [-0.25, -0.2) is 0 Å². The van der Waals surface area contributed by atoms with E-state index in [1.807, 2.05) is 30.5 Å². The van der Waals surface area contributed by atoms with Crippen molar-refractivity contribution in [2.24, 2.45) is 0 Å². The normalized spacial score (nSPS) is 10.6. The fourth-order valence-electron chi connectivity index (χ4n) is 1.87. The van der Waals surface area contributed by atoms with Gasteiger partial charge in [-0.2, -0.15) is 0 Å². The second-order valence-electron chi connectivity index (χ2n) is 4.78. The van der Waals surface area contributed by atoms with Crippen molar-refractivity contribution in [3.05, 3.63) is 36.2 Å². The van der Waals surface area contributed by atoms with Gasteiger partial charge in [-0.1, -0.05) is 18.2 Å². The Bertz CT molecular complexity index is 542. The summed E-state index contributed by atoms with van der Waals surface area (Å²) in [5, 5.41) is 20.2. The third-order valence-corrected chi connectivity index (χ3v) is 2.91. The van der Waals surface area contributed by atoms with Crippen molar-refractivity contribution in [1.29, 1.82) is 0 Å². The Hall–Kier alpha value is -2.08. The molecule has 0 unspecified atom stereocenters. The highest BCUT2D eigenvalue weighted by molar-refractivity contribution is 5.48. The van der Waals surface area contributed by atoms with Crippen LogP contribution in [0.2, 0.25) is 0 Å². The Morgan fingerprint density at radius 2 is 2.29 bits per heavy atom. The Kier molecular flexibility index (Phi) is 6.02. The molecule has 0 amide bonds. The summed E-state index contributed by atoms with van der Waals surface area (Å²) in [6, 6.07) is 7.89. The fraction of sp³-hybridized carbons (Fsp3) is 0.467. The van der Waals surface area contributed by atoms with Crippen LogP contribution < -0.4 is 10.1 Å². The van der Waals surface area contributed by atoms with Crippen LogP contribution in [0.25, 0.3) is 0 Å². The summed E-state index contributed by atoms with van der Waals surface area (Å²) < 4.78 is 7.34. The van der Waals surface area contributed by atoms with Crippen LogP contribution in [0.4, 0.5) is 5.69 Å². The van der Waals surface area contributed by atoms with Crippen LogP contribution in [0.5, 0.6) is 5.75 Å². The highest BCUT2D eigenvalue weighted by atomic mass is 16.5. The molecule has 0 aliphatic rings. The van der Waals surface area contributed by atoms with Gasteiger partial charge in [0.2, 0.25) is 0 Å². The molecule has 0 radical (unpaired) electrons. The summed E-state index contributed by atoms with van der Waals surface area (Å²) in [4.78, 5) is 0. The molecule has 2 rings (SSSR count). The van der Waals surface area contributed by atoms with E-state index in [4.69, 9.17) is 9.84 Å². The zero-order valence-corrected chi connectivity index (χ0v) is 12.3. The van der Waals surface area contributed by atoms with Gasteiger partial charge in [0.05, 0.1) is 19.3 Å². The van der Waals surface area contributed by atoms with Gasteiger partial charge in [-0.05, 0) is 25.0 Å². The molecule has 1 aromatic carbocycles. The van der Waals surface area contributed by atoms with Crippen LogP contribution >= 0.6 is 0 Å². The smallest absolute Gasteiger partial charge is 0.121 e. The second-order valence-corrected chi connectivity index (χ2v) is 4.78. The van der Waals surface area contributed by atoms with Gasteiger partial charge >= 0.3 is 0 Å². The zero-order valence-electron chi connectivity index (χ0n) is 12.3. The van der Waals surface area contributed by atoms with E-state index in [-0.39, 0.29) is 6.61 Å². The fourth-order valence-corrected chi connectivity index (χ4v) is 1.87. The molecule has 1 heterocycles. The number of rotatable bonds is 9. The molecule has 0 saturated heterocycles. The molecule has 6 nitrogen and oxygen atoms in total. The third kappa shape index (κ3) is 5.07. The Labute approximate surface area is 124 Å². The number of aliphatic hydroxyl groups is 1. The maximum atomic E-state index is 8.79. The number of nitrogens with one attached hydrogen (secondary N) is 1. The monoisotopic (exact) mass is 290 g/mol. The van der Waals surface area contributed by atoms with E-state index in [2.05, 4.69) is 22.6 Å². The minimum Gasteiger partial charge on any atom is -0.494 e. The van der Waals surface area contributed by atoms with Gasteiger partial charge in [-0.15, -0.1) is 5.10 Å². The maximum absolute atomic E-state index is 8.79. The van der Waals surface area contributed by atoms with E-state index >= 15 is 0 Å². The van der Waals surface area contributed by atoms with Gasteiger partial charge in [-0.3, -0.25) is 4.68 Å². The van der Waals surface area contributed by atoms with E-state index in [9.17, 15) is 0 Å². The molecule has 0 atom stereocenters. The molecule has 0 bridgehead atoms. The molecule has 6 heteroatoms. The minimum atomic E-state index is 0.165. The number of benzene rings is 1. The summed E-state index contributed by atoms with van der Waals surface area (Å²) in [5.74, 6) is 0.869. The van der Waals surface area contributed by atoms with E-state index < -0.39 is 0 Å². The number of ether oxygens (including phenoxy) is 1. The number of nitrogens with zero attached hydrogens (tertiary/aromatic N) is 3. The predicted octanol–water partition coefficient (Wildman–Crippen LogP) is 2.06. The van der Waals surface area contributed by atoms with Gasteiger partial charge in [0.1, 0.15) is 11.4 Å². The molecule has 0 aliphatic heterocycles. The number of anilines is 1. The molecule has 0 spiro atoms. The van der Waals surface area contributed by atoms with Crippen LogP contribution in [0.1, 0.15) is 25.5 Å². The molecule has 114 valence electrons. The first-order chi connectivity index (χ1) is 10.3. The van der Waals surface area contributed by atoms with E-state index in [0.29, 0.717) is 19.5 Å². The lowest BCUT2D eigenvalue weighted by molar-refractivity contribution is 0.276. The standard InChI is InChI=1S/C15H22N4O2/c1-2-9-21-15-6-3-5-13(10-15)16-11-14-12-19(18-17-14)7-4-8-20/h3,5-6,10,12,16,20H,2,4,7-9,11H2,1H3. The quantitative estimate of drug-likeness (QED) is 0.739. The SMILES string of the molecule is CCCOc1cccc(NCc2cn(CCCO)nn2)c1. The number of hydrogen-bond donors (Lipinski definition) is 2. The summed E-state index contributed by atoms with van der Waals surface area (Å²) >= 11 is 0. The van der Waals surface area contributed by atoms with Crippen LogP contribution in [0, 0.1) is 0 Å². The Morgan fingerprint density at radius 3 is 3.10 bits per heavy atom. The van der Waals surface area contributed by atoms with Gasteiger partial charge in [0.15, 0.2) is 0 Å². The van der Waals surface area contributed by atoms with E-state index in [0.717, 1.165) is 30.2 Å². The first-order valence-electron chi connectivity index (χ1n) is 7.28.